The second kappa shape index (κ2) is 4.28. The van der Waals surface area contributed by atoms with E-state index < -0.39 is 0 Å². The summed E-state index contributed by atoms with van der Waals surface area (Å²) in [7, 11) is 0. The van der Waals surface area contributed by atoms with E-state index in [9.17, 15) is 5.11 Å². The van der Waals surface area contributed by atoms with E-state index in [1.165, 1.54) is 0 Å². The Hall–Kier alpha value is -1.02. The zero-order valence-electron chi connectivity index (χ0n) is 8.20. The molecule has 13 heavy (non-hydrogen) atoms. The van der Waals surface area contributed by atoms with Crippen molar-refractivity contribution in [3.8, 4) is 5.75 Å². The van der Waals surface area contributed by atoms with Crippen LogP contribution in [0.2, 0.25) is 0 Å². The van der Waals surface area contributed by atoms with Gasteiger partial charge in [0.15, 0.2) is 0 Å². The van der Waals surface area contributed by atoms with Crippen LogP contribution in [0.25, 0.3) is 0 Å². The molecule has 0 heterocycles. The molecule has 3 N–H and O–H groups in total. The van der Waals surface area contributed by atoms with Crippen LogP contribution in [0.15, 0.2) is 24.3 Å². The van der Waals surface area contributed by atoms with Crippen LogP contribution in [-0.4, -0.2) is 5.11 Å². The van der Waals surface area contributed by atoms with Gasteiger partial charge in [-0.15, -0.1) is 0 Å². The molecule has 0 amide bonds. The first-order chi connectivity index (χ1) is 6.15. The van der Waals surface area contributed by atoms with E-state index in [1.54, 1.807) is 12.1 Å². The zero-order valence-corrected chi connectivity index (χ0v) is 8.20. The van der Waals surface area contributed by atoms with Gasteiger partial charge in [0.1, 0.15) is 5.75 Å². The molecule has 0 saturated carbocycles. The van der Waals surface area contributed by atoms with Gasteiger partial charge in [0.05, 0.1) is 0 Å². The van der Waals surface area contributed by atoms with Gasteiger partial charge in [-0.1, -0.05) is 32.4 Å². The maximum absolute atomic E-state index is 9.26. The molecule has 2 heteroatoms. The van der Waals surface area contributed by atoms with Crippen LogP contribution in [-0.2, 0) is 0 Å². The standard InChI is InChI=1S/C11H17NO/c1-3-8(2)11(12)9-5-4-6-10(13)7-9/h4-8,11,13H,3,12H2,1-2H3/t8?,11-/m1/s1. The summed E-state index contributed by atoms with van der Waals surface area (Å²) in [4.78, 5) is 0. The van der Waals surface area contributed by atoms with Crippen molar-refractivity contribution in [2.24, 2.45) is 11.7 Å². The fourth-order valence-corrected chi connectivity index (χ4v) is 1.31. The number of phenols is 1. The average molecular weight is 179 g/mol. The second-order valence-corrected chi connectivity index (χ2v) is 3.51. The highest BCUT2D eigenvalue weighted by Gasteiger charge is 2.12. The number of hydrogen-bond donors (Lipinski definition) is 2. The van der Waals surface area contributed by atoms with Gasteiger partial charge in [-0.3, -0.25) is 0 Å². The van der Waals surface area contributed by atoms with Gasteiger partial charge in [0, 0.05) is 6.04 Å². The highest BCUT2D eigenvalue weighted by Crippen LogP contribution is 2.23. The van der Waals surface area contributed by atoms with Crippen molar-refractivity contribution in [1.82, 2.24) is 0 Å². The third-order valence-electron chi connectivity index (χ3n) is 2.51. The van der Waals surface area contributed by atoms with E-state index in [4.69, 9.17) is 5.73 Å². The van der Waals surface area contributed by atoms with Crippen molar-refractivity contribution in [3.05, 3.63) is 29.8 Å². The lowest BCUT2D eigenvalue weighted by molar-refractivity contribution is 0.448. The highest BCUT2D eigenvalue weighted by molar-refractivity contribution is 5.29. The fraction of sp³-hybridized carbons (Fsp3) is 0.455. The molecule has 1 aromatic rings. The zero-order chi connectivity index (χ0) is 9.84. The number of phenolic OH excluding ortho intramolecular Hbond substituents is 1. The maximum Gasteiger partial charge on any atom is 0.115 e. The highest BCUT2D eigenvalue weighted by atomic mass is 16.3. The number of aromatic hydroxyl groups is 1. The van der Waals surface area contributed by atoms with Crippen molar-refractivity contribution in [1.29, 1.82) is 0 Å². The first-order valence-corrected chi connectivity index (χ1v) is 4.69. The third-order valence-corrected chi connectivity index (χ3v) is 2.51. The lowest BCUT2D eigenvalue weighted by Gasteiger charge is -2.18. The van der Waals surface area contributed by atoms with Crippen molar-refractivity contribution >= 4 is 0 Å². The minimum Gasteiger partial charge on any atom is -0.508 e. The molecule has 1 unspecified atom stereocenters. The quantitative estimate of drug-likeness (QED) is 0.748. The van der Waals surface area contributed by atoms with Gasteiger partial charge in [-0.05, 0) is 23.6 Å². The molecule has 0 radical (unpaired) electrons. The van der Waals surface area contributed by atoms with E-state index in [0.717, 1.165) is 12.0 Å². The van der Waals surface area contributed by atoms with Crippen LogP contribution >= 0.6 is 0 Å². The lowest BCUT2D eigenvalue weighted by atomic mass is 9.93. The van der Waals surface area contributed by atoms with Crippen LogP contribution in [0.5, 0.6) is 5.75 Å². The molecule has 1 aromatic carbocycles. The first kappa shape index (κ1) is 10.1. The molecule has 0 aliphatic rings. The second-order valence-electron chi connectivity index (χ2n) is 3.51. The Morgan fingerprint density at radius 1 is 1.46 bits per heavy atom. The van der Waals surface area contributed by atoms with Crippen molar-refractivity contribution in [2.75, 3.05) is 0 Å². The molecule has 72 valence electrons. The molecular formula is C11H17NO. The molecule has 0 aromatic heterocycles. The minimum absolute atomic E-state index is 0.0251. The Labute approximate surface area is 79.4 Å². The summed E-state index contributed by atoms with van der Waals surface area (Å²) >= 11 is 0. The van der Waals surface area contributed by atoms with Crippen molar-refractivity contribution < 1.29 is 5.11 Å². The summed E-state index contributed by atoms with van der Waals surface area (Å²) in [6.45, 7) is 4.24. The summed E-state index contributed by atoms with van der Waals surface area (Å²) in [6, 6.07) is 7.20. The Bertz CT molecular complexity index is 273. The molecule has 0 bridgehead atoms. The van der Waals surface area contributed by atoms with Gasteiger partial charge < -0.3 is 10.8 Å². The normalized spacial score (nSPS) is 15.3. The van der Waals surface area contributed by atoms with Crippen LogP contribution in [0.1, 0.15) is 31.9 Å². The smallest absolute Gasteiger partial charge is 0.115 e. The topological polar surface area (TPSA) is 46.2 Å². The van der Waals surface area contributed by atoms with Crippen molar-refractivity contribution in [2.45, 2.75) is 26.3 Å². The number of rotatable bonds is 3. The summed E-state index contributed by atoms with van der Waals surface area (Å²) in [5, 5.41) is 9.26. The third kappa shape index (κ3) is 2.46. The number of nitrogens with two attached hydrogens (primary N) is 1. The largest absolute Gasteiger partial charge is 0.508 e. The maximum atomic E-state index is 9.26. The summed E-state index contributed by atoms with van der Waals surface area (Å²) in [5.41, 5.74) is 7.02. The van der Waals surface area contributed by atoms with E-state index >= 15 is 0 Å². The first-order valence-electron chi connectivity index (χ1n) is 4.69. The van der Waals surface area contributed by atoms with Gasteiger partial charge in [0.25, 0.3) is 0 Å². The molecule has 0 saturated heterocycles. The molecule has 0 aliphatic heterocycles. The Balaban J connectivity index is 2.82. The SMILES string of the molecule is CCC(C)[C@@H](N)c1cccc(O)c1. The summed E-state index contributed by atoms with van der Waals surface area (Å²) in [6.07, 6.45) is 1.05. The van der Waals surface area contributed by atoms with Crippen molar-refractivity contribution in [3.63, 3.8) is 0 Å². The van der Waals surface area contributed by atoms with E-state index in [-0.39, 0.29) is 11.8 Å². The Kier molecular flexibility index (Phi) is 3.32. The van der Waals surface area contributed by atoms with Gasteiger partial charge in [-0.2, -0.15) is 0 Å². The molecule has 1 rings (SSSR count). The lowest BCUT2D eigenvalue weighted by Crippen LogP contribution is -2.18. The van der Waals surface area contributed by atoms with Gasteiger partial charge in [0.2, 0.25) is 0 Å². The van der Waals surface area contributed by atoms with Crippen LogP contribution in [0.4, 0.5) is 0 Å². The molecule has 2 atom stereocenters. The van der Waals surface area contributed by atoms with E-state index in [2.05, 4.69) is 13.8 Å². The molecule has 0 fully saturated rings. The van der Waals surface area contributed by atoms with Gasteiger partial charge >= 0.3 is 0 Å². The fourth-order valence-electron chi connectivity index (χ4n) is 1.31. The van der Waals surface area contributed by atoms with Crippen LogP contribution < -0.4 is 5.73 Å². The monoisotopic (exact) mass is 179 g/mol. The molecule has 0 aliphatic carbocycles. The molecule has 2 nitrogen and oxygen atoms in total. The van der Waals surface area contributed by atoms with E-state index in [1.807, 2.05) is 12.1 Å². The number of hydrogen-bond acceptors (Lipinski definition) is 2. The Morgan fingerprint density at radius 2 is 2.15 bits per heavy atom. The van der Waals surface area contributed by atoms with E-state index in [0.29, 0.717) is 5.92 Å². The summed E-state index contributed by atoms with van der Waals surface area (Å²) < 4.78 is 0. The minimum atomic E-state index is 0.0251. The van der Waals surface area contributed by atoms with Crippen LogP contribution in [0, 0.1) is 5.92 Å². The van der Waals surface area contributed by atoms with Crippen LogP contribution in [0.3, 0.4) is 0 Å². The number of benzene rings is 1. The summed E-state index contributed by atoms with van der Waals surface area (Å²) in [5.74, 6) is 0.734. The predicted molar refractivity (Wildman–Crippen MR) is 54.5 cm³/mol. The predicted octanol–water partition coefficient (Wildman–Crippen LogP) is 2.44. The molecular weight excluding hydrogens is 162 g/mol. The average Bonchev–Trinajstić information content (AvgIpc) is 2.15. The van der Waals surface area contributed by atoms with Gasteiger partial charge in [-0.25, -0.2) is 0 Å². The molecule has 0 spiro atoms. The Morgan fingerprint density at radius 3 is 2.69 bits per heavy atom.